The van der Waals surface area contributed by atoms with Gasteiger partial charge in [-0.15, -0.1) is 0 Å². The number of sulfone groups is 1. The molecule has 0 spiro atoms. The maximum Gasteiger partial charge on any atom is 0.253 e. The summed E-state index contributed by atoms with van der Waals surface area (Å²) < 4.78 is 29.2. The molecular weight excluding hydrogens is 452 g/mol. The van der Waals surface area contributed by atoms with Crippen molar-refractivity contribution < 1.29 is 17.7 Å². The van der Waals surface area contributed by atoms with E-state index in [1.165, 1.54) is 12.1 Å². The molecule has 1 aliphatic heterocycles. The lowest BCUT2D eigenvalue weighted by molar-refractivity contribution is 0.0615. The molecule has 168 valence electrons. The minimum atomic E-state index is -3.52. The van der Waals surface area contributed by atoms with Gasteiger partial charge >= 0.3 is 0 Å². The predicted molar refractivity (Wildman–Crippen MR) is 120 cm³/mol. The molecule has 0 radical (unpaired) electrons. The van der Waals surface area contributed by atoms with Crippen LogP contribution in [-0.2, 0) is 16.4 Å². The van der Waals surface area contributed by atoms with Crippen molar-refractivity contribution in [3.05, 3.63) is 64.5 Å². The van der Waals surface area contributed by atoms with E-state index in [9.17, 15) is 13.2 Å². The smallest absolute Gasteiger partial charge is 0.253 e. The Morgan fingerprint density at radius 2 is 1.78 bits per heavy atom. The molecule has 2 aromatic carbocycles. The van der Waals surface area contributed by atoms with Gasteiger partial charge in [-0.2, -0.15) is 4.98 Å². The maximum absolute atomic E-state index is 12.9. The number of hydrogen-bond acceptors (Lipinski definition) is 7. The van der Waals surface area contributed by atoms with E-state index in [1.807, 2.05) is 31.2 Å². The van der Waals surface area contributed by atoms with E-state index < -0.39 is 9.84 Å². The Morgan fingerprint density at radius 1 is 1.09 bits per heavy atom. The third-order valence-corrected chi connectivity index (χ3v) is 6.95. The Labute approximate surface area is 191 Å². The molecule has 1 saturated heterocycles. The van der Waals surface area contributed by atoms with E-state index in [-0.39, 0.29) is 15.8 Å². The zero-order chi connectivity index (χ0) is 22.9. The largest absolute Gasteiger partial charge is 0.338 e. The van der Waals surface area contributed by atoms with E-state index in [2.05, 4.69) is 15.0 Å². The topological polar surface area (TPSA) is 96.6 Å². The van der Waals surface area contributed by atoms with Gasteiger partial charge in [-0.3, -0.25) is 9.69 Å². The third-order valence-electron chi connectivity index (χ3n) is 5.37. The molecule has 0 N–H and O–H groups in total. The highest BCUT2D eigenvalue weighted by atomic mass is 35.5. The molecule has 32 heavy (non-hydrogen) atoms. The van der Waals surface area contributed by atoms with Crippen LogP contribution in [0.4, 0.5) is 0 Å². The molecule has 0 bridgehead atoms. The van der Waals surface area contributed by atoms with Gasteiger partial charge in [-0.1, -0.05) is 46.6 Å². The van der Waals surface area contributed by atoms with Crippen LogP contribution >= 0.6 is 11.6 Å². The van der Waals surface area contributed by atoms with Crippen LogP contribution in [0.15, 0.2) is 51.9 Å². The summed E-state index contributed by atoms with van der Waals surface area (Å²) in [5.41, 5.74) is 2.37. The molecule has 8 nitrogen and oxygen atoms in total. The summed E-state index contributed by atoms with van der Waals surface area (Å²) in [5.74, 6) is 0.861. The van der Waals surface area contributed by atoms with Gasteiger partial charge in [0.15, 0.2) is 9.84 Å². The summed E-state index contributed by atoms with van der Waals surface area (Å²) >= 11 is 5.98. The number of hydrogen-bond donors (Lipinski definition) is 0. The van der Waals surface area contributed by atoms with Crippen molar-refractivity contribution in [2.75, 3.05) is 32.4 Å². The number of amides is 1. The van der Waals surface area contributed by atoms with E-state index in [0.29, 0.717) is 50.0 Å². The average Bonchev–Trinajstić information content (AvgIpc) is 3.22. The number of benzene rings is 2. The minimum Gasteiger partial charge on any atom is -0.338 e. The lowest BCUT2D eigenvalue weighted by atomic mass is 10.1. The summed E-state index contributed by atoms with van der Waals surface area (Å²) in [7, 11) is -3.52. The van der Waals surface area contributed by atoms with Crippen LogP contribution in [-0.4, -0.2) is 66.7 Å². The molecular formula is C22H23ClN4O4S. The number of piperazine rings is 1. The van der Waals surface area contributed by atoms with Gasteiger partial charge in [0, 0.05) is 43.6 Å². The lowest BCUT2D eigenvalue weighted by Gasteiger charge is -2.34. The van der Waals surface area contributed by atoms with Gasteiger partial charge in [0.1, 0.15) is 0 Å². The van der Waals surface area contributed by atoms with E-state index in [0.717, 1.165) is 17.4 Å². The van der Waals surface area contributed by atoms with Gasteiger partial charge in [0.05, 0.1) is 16.5 Å². The third kappa shape index (κ3) is 5.01. The van der Waals surface area contributed by atoms with Crippen LogP contribution < -0.4 is 0 Å². The number of rotatable bonds is 5. The van der Waals surface area contributed by atoms with Crippen LogP contribution in [0.5, 0.6) is 0 Å². The van der Waals surface area contributed by atoms with Gasteiger partial charge in [0.25, 0.3) is 5.91 Å². The molecule has 3 aromatic rings. The quantitative estimate of drug-likeness (QED) is 0.560. The first kappa shape index (κ1) is 22.4. The molecule has 10 heteroatoms. The summed E-state index contributed by atoms with van der Waals surface area (Å²) in [5, 5.41) is 4.17. The zero-order valence-electron chi connectivity index (χ0n) is 17.8. The van der Waals surface area contributed by atoms with Crippen LogP contribution in [0.1, 0.15) is 21.8 Å². The van der Waals surface area contributed by atoms with Crippen molar-refractivity contribution in [3.8, 4) is 11.4 Å². The Bertz CT molecular complexity index is 1230. The van der Waals surface area contributed by atoms with E-state index in [1.54, 1.807) is 11.0 Å². The number of halogens is 1. The summed E-state index contributed by atoms with van der Waals surface area (Å²) in [6.45, 7) is 4.82. The average molecular weight is 475 g/mol. The second kappa shape index (κ2) is 9.01. The maximum atomic E-state index is 12.9. The Morgan fingerprint density at radius 3 is 2.44 bits per heavy atom. The fourth-order valence-corrected chi connectivity index (χ4v) is 4.84. The zero-order valence-corrected chi connectivity index (χ0v) is 19.4. The summed E-state index contributed by atoms with van der Waals surface area (Å²) in [4.78, 5) is 21.2. The minimum absolute atomic E-state index is 0.0376. The van der Waals surface area contributed by atoms with E-state index >= 15 is 0 Å². The number of carbonyl (C=O) groups is 1. The van der Waals surface area contributed by atoms with Crippen LogP contribution in [0, 0.1) is 6.92 Å². The first-order valence-electron chi connectivity index (χ1n) is 10.1. The fraction of sp³-hybridized carbons (Fsp3) is 0.318. The highest BCUT2D eigenvalue weighted by Crippen LogP contribution is 2.24. The lowest BCUT2D eigenvalue weighted by Crippen LogP contribution is -2.48. The SMILES string of the molecule is Cc1ccc(-c2noc(CN3CCN(C(=O)c4ccc(Cl)c(S(C)(=O)=O)c4)CC3)n2)cc1. The predicted octanol–water partition coefficient (Wildman–Crippen LogP) is 3.06. The molecule has 1 amide bonds. The van der Waals surface area contributed by atoms with Gasteiger partial charge < -0.3 is 9.42 Å². The van der Waals surface area contributed by atoms with Crippen molar-refractivity contribution in [1.82, 2.24) is 19.9 Å². The highest BCUT2D eigenvalue weighted by molar-refractivity contribution is 7.90. The highest BCUT2D eigenvalue weighted by Gasteiger charge is 2.25. The molecule has 0 aliphatic carbocycles. The molecule has 1 aromatic heterocycles. The van der Waals surface area contributed by atoms with Crippen LogP contribution in [0.3, 0.4) is 0 Å². The molecule has 1 aliphatic rings. The van der Waals surface area contributed by atoms with Crippen LogP contribution in [0.25, 0.3) is 11.4 Å². The number of nitrogens with zero attached hydrogens (tertiary/aromatic N) is 4. The summed E-state index contributed by atoms with van der Waals surface area (Å²) in [6.07, 6.45) is 1.07. The first-order valence-corrected chi connectivity index (χ1v) is 12.4. The second-order valence-electron chi connectivity index (χ2n) is 7.86. The monoisotopic (exact) mass is 474 g/mol. The van der Waals surface area contributed by atoms with Crippen molar-refractivity contribution in [2.24, 2.45) is 0 Å². The number of aryl methyl sites for hydroxylation is 1. The van der Waals surface area contributed by atoms with Gasteiger partial charge in [-0.05, 0) is 25.1 Å². The Hall–Kier alpha value is -2.75. The molecule has 0 atom stereocenters. The molecule has 4 rings (SSSR count). The van der Waals surface area contributed by atoms with Gasteiger partial charge in [0.2, 0.25) is 11.7 Å². The molecule has 2 heterocycles. The van der Waals surface area contributed by atoms with Crippen molar-refractivity contribution in [3.63, 3.8) is 0 Å². The second-order valence-corrected chi connectivity index (χ2v) is 10.3. The number of aromatic nitrogens is 2. The number of carbonyl (C=O) groups excluding carboxylic acids is 1. The van der Waals surface area contributed by atoms with Crippen molar-refractivity contribution in [1.29, 1.82) is 0 Å². The normalized spacial score (nSPS) is 15.2. The van der Waals surface area contributed by atoms with Crippen molar-refractivity contribution in [2.45, 2.75) is 18.4 Å². The standard InChI is InChI=1S/C22H23ClN4O4S/c1-15-3-5-16(6-4-15)21-24-20(31-25-21)14-26-9-11-27(12-10-26)22(28)17-7-8-18(23)19(13-17)32(2,29)30/h3-8,13H,9-12,14H2,1-2H3. The van der Waals surface area contributed by atoms with Gasteiger partial charge in [-0.25, -0.2) is 8.42 Å². The molecule has 1 fully saturated rings. The summed E-state index contributed by atoms with van der Waals surface area (Å²) in [6, 6.07) is 12.3. The van der Waals surface area contributed by atoms with Crippen LogP contribution in [0.2, 0.25) is 5.02 Å². The van der Waals surface area contributed by atoms with Crippen molar-refractivity contribution >= 4 is 27.3 Å². The Balaban J connectivity index is 1.37. The molecule has 0 saturated carbocycles. The first-order chi connectivity index (χ1) is 15.2. The van der Waals surface area contributed by atoms with E-state index in [4.69, 9.17) is 16.1 Å². The Kier molecular flexibility index (Phi) is 6.32. The molecule has 0 unspecified atom stereocenters. The fourth-order valence-electron chi connectivity index (χ4n) is 3.54.